The van der Waals surface area contributed by atoms with Crippen LogP contribution in [0.2, 0.25) is 0 Å². The van der Waals surface area contributed by atoms with E-state index in [0.29, 0.717) is 22.5 Å². The average Bonchev–Trinajstić information content (AvgIpc) is 3.37. The Morgan fingerprint density at radius 2 is 1.58 bits per heavy atom. The lowest BCUT2D eigenvalue weighted by Crippen LogP contribution is -2.41. The largest absolute Gasteiger partial charge is 0.497 e. The predicted octanol–water partition coefficient (Wildman–Crippen LogP) is 5.80. The smallest absolute Gasteiger partial charge is 0.311 e. The van der Waals surface area contributed by atoms with Gasteiger partial charge in [-0.15, -0.1) is 0 Å². The molecule has 0 bridgehead atoms. The number of nitro groups is 1. The molecule has 0 aliphatic heterocycles. The number of H-pyrrole nitrogens is 1. The van der Waals surface area contributed by atoms with E-state index in [1.807, 2.05) is 24.3 Å². The molecule has 232 valence electrons. The Balaban J connectivity index is 1.78. The highest BCUT2D eigenvalue weighted by molar-refractivity contribution is 7.98. The minimum Gasteiger partial charge on any atom is -0.497 e. The second kappa shape index (κ2) is 13.9. The summed E-state index contributed by atoms with van der Waals surface area (Å²) in [6.45, 7) is 10.2. The molecule has 3 rings (SSSR count). The average molecular weight is 614 g/mol. The zero-order chi connectivity index (χ0) is 31.9. The number of aromatic nitrogens is 1. The number of esters is 2. The molecule has 11 nitrogen and oxygen atoms in total. The zero-order valence-electron chi connectivity index (χ0n) is 25.6. The van der Waals surface area contributed by atoms with Crippen molar-refractivity contribution in [3.05, 3.63) is 69.4 Å². The Morgan fingerprint density at radius 1 is 0.953 bits per heavy atom. The number of fused-ring (bicyclic) bond motifs is 1. The van der Waals surface area contributed by atoms with Crippen LogP contribution in [0.15, 0.2) is 42.5 Å². The molecule has 0 aliphatic carbocycles. The third-order valence-corrected chi connectivity index (χ3v) is 7.48. The lowest BCUT2D eigenvalue weighted by molar-refractivity contribution is -0.383. The van der Waals surface area contributed by atoms with Crippen molar-refractivity contribution < 1.29 is 33.5 Å². The summed E-state index contributed by atoms with van der Waals surface area (Å²) in [5.41, 5.74) is 0.0861. The van der Waals surface area contributed by atoms with Crippen molar-refractivity contribution >= 4 is 46.2 Å². The molecular formula is C31H39N3O8S. The maximum absolute atomic E-state index is 13.3. The Bertz CT molecular complexity index is 1470. The summed E-state index contributed by atoms with van der Waals surface area (Å²) in [7, 11) is 1.60. The molecule has 12 heteroatoms. The quantitative estimate of drug-likeness (QED) is 0.147. The van der Waals surface area contributed by atoms with Crippen molar-refractivity contribution in [3.8, 4) is 5.75 Å². The summed E-state index contributed by atoms with van der Waals surface area (Å²) in [5, 5.41) is 15.2. The molecule has 1 atom stereocenters. The van der Waals surface area contributed by atoms with Crippen LogP contribution >= 0.6 is 11.8 Å². The van der Waals surface area contributed by atoms with Gasteiger partial charge in [-0.25, -0.2) is 0 Å². The van der Waals surface area contributed by atoms with Gasteiger partial charge in [-0.1, -0.05) is 12.1 Å². The van der Waals surface area contributed by atoms with Crippen LogP contribution in [0.4, 0.5) is 5.69 Å². The number of non-ortho nitro benzene ring substituents is 1. The maximum Gasteiger partial charge on any atom is 0.311 e. The van der Waals surface area contributed by atoms with Gasteiger partial charge in [-0.3, -0.25) is 24.5 Å². The number of rotatable bonds is 12. The number of amides is 1. The van der Waals surface area contributed by atoms with Crippen molar-refractivity contribution in [1.82, 2.24) is 10.3 Å². The number of nitrogens with one attached hydrogen (secondary N) is 2. The Labute approximate surface area is 255 Å². The van der Waals surface area contributed by atoms with Crippen LogP contribution in [0, 0.1) is 20.9 Å². The van der Waals surface area contributed by atoms with Gasteiger partial charge in [0.25, 0.3) is 11.6 Å². The van der Waals surface area contributed by atoms with Crippen LogP contribution in [0.25, 0.3) is 10.9 Å². The van der Waals surface area contributed by atoms with E-state index in [1.165, 1.54) is 12.1 Å². The Morgan fingerprint density at radius 3 is 2.16 bits per heavy atom. The zero-order valence-corrected chi connectivity index (χ0v) is 26.4. The number of carbonyl (C=O) groups excluding carboxylic acids is 3. The van der Waals surface area contributed by atoms with Crippen molar-refractivity contribution in [1.29, 1.82) is 0 Å². The SMILES string of the molecule is COc1ccc(CSCC(COC(=O)C(C)(C)C)NC(=O)c2cc3cc(COC(=O)C(C)(C)C)cc([N+](=O)[O-])c3[nH]2)cc1. The van der Waals surface area contributed by atoms with Crippen LogP contribution < -0.4 is 10.1 Å². The Hall–Kier alpha value is -4.06. The first-order chi connectivity index (χ1) is 20.1. The number of carbonyl (C=O) groups is 3. The summed E-state index contributed by atoms with van der Waals surface area (Å²) in [6.07, 6.45) is 0. The van der Waals surface area contributed by atoms with Gasteiger partial charge in [-0.2, -0.15) is 11.8 Å². The first-order valence-corrected chi connectivity index (χ1v) is 14.9. The minimum atomic E-state index is -0.722. The number of nitro benzene ring substituents is 1. The molecule has 2 N–H and O–H groups in total. The number of hydrogen-bond acceptors (Lipinski definition) is 9. The fraction of sp³-hybridized carbons (Fsp3) is 0.452. The molecule has 0 radical (unpaired) electrons. The fourth-order valence-corrected chi connectivity index (χ4v) is 4.84. The highest BCUT2D eigenvalue weighted by Crippen LogP contribution is 2.29. The number of hydrogen-bond donors (Lipinski definition) is 2. The maximum atomic E-state index is 13.3. The summed E-state index contributed by atoms with van der Waals surface area (Å²) in [4.78, 5) is 52.1. The molecule has 0 aliphatic rings. The van der Waals surface area contributed by atoms with Gasteiger partial charge < -0.3 is 24.5 Å². The van der Waals surface area contributed by atoms with Crippen molar-refractivity contribution in [2.24, 2.45) is 10.8 Å². The number of benzene rings is 2. The molecule has 1 aromatic heterocycles. The van der Waals surface area contributed by atoms with E-state index in [4.69, 9.17) is 14.2 Å². The number of nitrogens with zero attached hydrogens (tertiary/aromatic N) is 1. The van der Waals surface area contributed by atoms with Gasteiger partial charge in [0.15, 0.2) is 0 Å². The van der Waals surface area contributed by atoms with E-state index in [1.54, 1.807) is 66.5 Å². The third-order valence-electron chi connectivity index (χ3n) is 6.30. The summed E-state index contributed by atoms with van der Waals surface area (Å²) in [5.74, 6) is 0.516. The van der Waals surface area contributed by atoms with Gasteiger partial charge in [0.05, 0.1) is 28.9 Å². The molecule has 0 spiro atoms. The second-order valence-electron chi connectivity index (χ2n) is 12.2. The minimum absolute atomic E-state index is 0.0406. The number of aromatic amines is 1. The van der Waals surface area contributed by atoms with Crippen LogP contribution in [0.5, 0.6) is 5.75 Å². The van der Waals surface area contributed by atoms with E-state index in [0.717, 1.165) is 11.3 Å². The Kier molecular flexibility index (Phi) is 10.8. The fourth-order valence-electron chi connectivity index (χ4n) is 3.83. The summed E-state index contributed by atoms with van der Waals surface area (Å²) in [6, 6.07) is 11.6. The van der Waals surface area contributed by atoms with Gasteiger partial charge >= 0.3 is 11.9 Å². The van der Waals surface area contributed by atoms with Crippen LogP contribution in [-0.2, 0) is 31.4 Å². The van der Waals surface area contributed by atoms with E-state index in [2.05, 4.69) is 10.3 Å². The first kappa shape index (κ1) is 33.4. The molecule has 2 aromatic carbocycles. The monoisotopic (exact) mass is 613 g/mol. The highest BCUT2D eigenvalue weighted by Gasteiger charge is 2.27. The van der Waals surface area contributed by atoms with Crippen LogP contribution in [-0.4, -0.2) is 53.3 Å². The standard InChI is InChI=1S/C31H39N3O8S/c1-30(2,3)28(36)41-15-20-12-21-14-24(33-26(21)25(13-20)34(38)39)27(35)32-22(16-42-29(37)31(4,5)6)18-43-17-19-8-10-23(40-7)11-9-19/h8-14,22,33H,15-18H2,1-7H3,(H,32,35). The second-order valence-corrected chi connectivity index (χ2v) is 13.3. The highest BCUT2D eigenvalue weighted by atomic mass is 32.2. The van der Waals surface area contributed by atoms with Crippen molar-refractivity contribution in [2.45, 2.75) is 59.9 Å². The third kappa shape index (κ3) is 9.47. The summed E-state index contributed by atoms with van der Waals surface area (Å²) >= 11 is 1.56. The van der Waals surface area contributed by atoms with E-state index in [9.17, 15) is 24.5 Å². The molecule has 0 saturated heterocycles. The van der Waals surface area contributed by atoms with Crippen molar-refractivity contribution in [3.63, 3.8) is 0 Å². The normalized spacial score (nSPS) is 12.4. The van der Waals surface area contributed by atoms with Gasteiger partial charge in [0, 0.05) is 23.0 Å². The van der Waals surface area contributed by atoms with Crippen LogP contribution in [0.3, 0.4) is 0 Å². The lowest BCUT2D eigenvalue weighted by atomic mass is 9.97. The molecule has 43 heavy (non-hydrogen) atoms. The van der Waals surface area contributed by atoms with Crippen LogP contribution in [0.1, 0.15) is 63.2 Å². The number of thioether (sulfide) groups is 1. The molecule has 3 aromatic rings. The van der Waals surface area contributed by atoms with E-state index >= 15 is 0 Å². The van der Waals surface area contributed by atoms with Crippen molar-refractivity contribution in [2.75, 3.05) is 19.5 Å². The first-order valence-electron chi connectivity index (χ1n) is 13.7. The molecule has 0 saturated carbocycles. The van der Waals surface area contributed by atoms with E-state index in [-0.39, 0.29) is 30.1 Å². The lowest BCUT2D eigenvalue weighted by Gasteiger charge is -2.22. The molecule has 1 unspecified atom stereocenters. The van der Waals surface area contributed by atoms with Gasteiger partial charge in [-0.05, 0) is 76.9 Å². The van der Waals surface area contributed by atoms with Gasteiger partial charge in [0.1, 0.15) is 30.2 Å². The number of methoxy groups -OCH3 is 1. The topological polar surface area (TPSA) is 150 Å². The summed E-state index contributed by atoms with van der Waals surface area (Å²) < 4.78 is 16.0. The number of ether oxygens (including phenoxy) is 3. The molecule has 1 heterocycles. The molecule has 1 amide bonds. The molecule has 0 fully saturated rings. The molecular weight excluding hydrogens is 574 g/mol. The van der Waals surface area contributed by atoms with E-state index < -0.39 is 39.6 Å². The predicted molar refractivity (Wildman–Crippen MR) is 165 cm³/mol. The van der Waals surface area contributed by atoms with Gasteiger partial charge in [0.2, 0.25) is 0 Å².